The van der Waals surface area contributed by atoms with Crippen LogP contribution >= 0.6 is 0 Å². The van der Waals surface area contributed by atoms with Gasteiger partial charge in [0.1, 0.15) is 6.10 Å². The number of aromatic nitrogens is 3. The summed E-state index contributed by atoms with van der Waals surface area (Å²) in [7, 11) is 0. The molecule has 0 fully saturated rings. The van der Waals surface area contributed by atoms with E-state index in [1.165, 1.54) is 0 Å². The minimum Gasteiger partial charge on any atom is -0.398 e. The zero-order valence-corrected chi connectivity index (χ0v) is 12.0. The Morgan fingerprint density at radius 3 is 3.05 bits per heavy atom. The molecule has 1 aromatic heterocycles. The van der Waals surface area contributed by atoms with E-state index in [4.69, 9.17) is 10.5 Å². The van der Waals surface area contributed by atoms with E-state index in [9.17, 15) is 0 Å². The molecule has 5 heteroatoms. The summed E-state index contributed by atoms with van der Waals surface area (Å²) >= 11 is 0. The topological polar surface area (TPSA) is 66.0 Å². The van der Waals surface area contributed by atoms with E-state index in [-0.39, 0.29) is 6.10 Å². The van der Waals surface area contributed by atoms with E-state index in [1.807, 2.05) is 36.7 Å². The molecule has 0 spiro atoms. The Hall–Kier alpha value is -1.88. The van der Waals surface area contributed by atoms with Crippen molar-refractivity contribution in [1.29, 1.82) is 0 Å². The summed E-state index contributed by atoms with van der Waals surface area (Å²) in [5.74, 6) is 1.67. The molecule has 1 unspecified atom stereocenters. The molecule has 1 atom stereocenters. The van der Waals surface area contributed by atoms with Crippen molar-refractivity contribution < 1.29 is 4.74 Å². The minimum atomic E-state index is 0.0674. The van der Waals surface area contributed by atoms with Crippen LogP contribution < -0.4 is 5.73 Å². The first kappa shape index (κ1) is 13.1. The fourth-order valence-corrected chi connectivity index (χ4v) is 2.57. The summed E-state index contributed by atoms with van der Waals surface area (Å²) in [6, 6.07) is 5.96. The molecule has 2 N–H and O–H groups in total. The van der Waals surface area contributed by atoms with Crippen molar-refractivity contribution in [2.45, 2.75) is 39.3 Å². The van der Waals surface area contributed by atoms with Gasteiger partial charge in [-0.05, 0) is 38.3 Å². The Bertz CT molecular complexity index is 620. The van der Waals surface area contributed by atoms with Crippen LogP contribution in [0.25, 0.3) is 11.4 Å². The van der Waals surface area contributed by atoms with E-state index in [0.717, 1.165) is 47.8 Å². The van der Waals surface area contributed by atoms with Crippen molar-refractivity contribution >= 4 is 5.69 Å². The smallest absolute Gasteiger partial charge is 0.181 e. The molecule has 106 valence electrons. The second kappa shape index (κ2) is 5.25. The van der Waals surface area contributed by atoms with E-state index in [0.29, 0.717) is 6.61 Å². The van der Waals surface area contributed by atoms with Gasteiger partial charge in [-0.2, -0.15) is 5.10 Å². The van der Waals surface area contributed by atoms with Crippen molar-refractivity contribution in [2.75, 3.05) is 12.3 Å². The highest BCUT2D eigenvalue weighted by atomic mass is 16.5. The van der Waals surface area contributed by atoms with Crippen molar-refractivity contribution in [3.05, 3.63) is 29.6 Å². The molecule has 0 amide bonds. The number of fused-ring (bicyclic) bond motifs is 1. The average Bonchev–Trinajstić information content (AvgIpc) is 2.87. The van der Waals surface area contributed by atoms with Gasteiger partial charge in [0.2, 0.25) is 0 Å². The molecule has 1 aromatic carbocycles. The van der Waals surface area contributed by atoms with Crippen LogP contribution in [0.15, 0.2) is 18.2 Å². The Balaban J connectivity index is 1.97. The minimum absolute atomic E-state index is 0.0674. The monoisotopic (exact) mass is 272 g/mol. The van der Waals surface area contributed by atoms with Gasteiger partial charge in [0, 0.05) is 24.4 Å². The van der Waals surface area contributed by atoms with Gasteiger partial charge in [0.15, 0.2) is 11.6 Å². The Kier molecular flexibility index (Phi) is 3.44. The first-order chi connectivity index (χ1) is 9.69. The molecule has 5 nitrogen and oxygen atoms in total. The number of hydrogen-bond donors (Lipinski definition) is 1. The Morgan fingerprint density at radius 2 is 2.30 bits per heavy atom. The lowest BCUT2D eigenvalue weighted by Crippen LogP contribution is -2.19. The van der Waals surface area contributed by atoms with Gasteiger partial charge in [0.25, 0.3) is 0 Å². The van der Waals surface area contributed by atoms with Gasteiger partial charge in [-0.15, -0.1) is 0 Å². The number of nitrogens with zero attached hydrogens (tertiary/aromatic N) is 3. The van der Waals surface area contributed by atoms with Gasteiger partial charge < -0.3 is 10.5 Å². The lowest BCUT2D eigenvalue weighted by Gasteiger charge is -2.21. The summed E-state index contributed by atoms with van der Waals surface area (Å²) < 4.78 is 7.72. The number of benzene rings is 1. The van der Waals surface area contributed by atoms with E-state index < -0.39 is 0 Å². The number of ether oxygens (including phenoxy) is 1. The maximum atomic E-state index is 5.97. The fourth-order valence-electron chi connectivity index (χ4n) is 2.57. The van der Waals surface area contributed by atoms with Gasteiger partial charge in [-0.3, -0.25) is 0 Å². The zero-order chi connectivity index (χ0) is 14.1. The summed E-state index contributed by atoms with van der Waals surface area (Å²) in [5.41, 5.74) is 8.78. The van der Waals surface area contributed by atoms with Crippen molar-refractivity contribution in [3.63, 3.8) is 0 Å². The molecule has 0 saturated carbocycles. The molecule has 1 aliphatic rings. The highest BCUT2D eigenvalue weighted by Crippen LogP contribution is 2.29. The third-order valence-electron chi connectivity index (χ3n) is 3.73. The van der Waals surface area contributed by atoms with Crippen LogP contribution in [0.5, 0.6) is 0 Å². The fraction of sp³-hybridized carbons (Fsp3) is 0.467. The predicted octanol–water partition coefficient (Wildman–Crippen LogP) is 2.71. The van der Waals surface area contributed by atoms with Crippen molar-refractivity contribution in [1.82, 2.24) is 14.8 Å². The third-order valence-corrected chi connectivity index (χ3v) is 3.73. The lowest BCUT2D eigenvalue weighted by molar-refractivity contribution is 0.0350. The van der Waals surface area contributed by atoms with Crippen LogP contribution in [0, 0.1) is 6.92 Å². The summed E-state index contributed by atoms with van der Waals surface area (Å²) in [4.78, 5) is 4.66. The van der Waals surface area contributed by atoms with Crippen LogP contribution in [-0.2, 0) is 11.3 Å². The second-order valence-corrected chi connectivity index (χ2v) is 5.17. The average molecular weight is 272 g/mol. The largest absolute Gasteiger partial charge is 0.398 e. The van der Waals surface area contributed by atoms with Gasteiger partial charge >= 0.3 is 0 Å². The Morgan fingerprint density at radius 1 is 1.45 bits per heavy atom. The SMILES string of the molecule is CCOC1CCCn2nc(-c3ccc(C)c(N)c3)nc21. The summed E-state index contributed by atoms with van der Waals surface area (Å²) in [5, 5.41) is 4.59. The molecule has 20 heavy (non-hydrogen) atoms. The van der Waals surface area contributed by atoms with E-state index >= 15 is 0 Å². The molecular formula is C15H20N4O. The molecular weight excluding hydrogens is 252 g/mol. The number of nitrogen functional groups attached to an aromatic ring is 1. The molecule has 3 rings (SSSR count). The number of aryl methyl sites for hydroxylation is 2. The number of hydrogen-bond acceptors (Lipinski definition) is 4. The normalized spacial score (nSPS) is 18.0. The van der Waals surface area contributed by atoms with Crippen molar-refractivity contribution in [3.8, 4) is 11.4 Å². The second-order valence-electron chi connectivity index (χ2n) is 5.17. The highest BCUT2D eigenvalue weighted by Gasteiger charge is 2.24. The Labute approximate surface area is 118 Å². The number of anilines is 1. The van der Waals surface area contributed by atoms with Crippen LogP contribution in [0.3, 0.4) is 0 Å². The van der Waals surface area contributed by atoms with Gasteiger partial charge in [0.05, 0.1) is 0 Å². The first-order valence-corrected chi connectivity index (χ1v) is 7.12. The lowest BCUT2D eigenvalue weighted by atomic mass is 10.1. The van der Waals surface area contributed by atoms with Gasteiger partial charge in [-0.1, -0.05) is 12.1 Å². The highest BCUT2D eigenvalue weighted by molar-refractivity contribution is 5.63. The van der Waals surface area contributed by atoms with Crippen LogP contribution in [0.1, 0.15) is 37.3 Å². The third kappa shape index (κ3) is 2.29. The van der Waals surface area contributed by atoms with E-state index in [2.05, 4.69) is 10.1 Å². The summed E-state index contributed by atoms with van der Waals surface area (Å²) in [6.07, 6.45) is 2.16. The maximum Gasteiger partial charge on any atom is 0.181 e. The summed E-state index contributed by atoms with van der Waals surface area (Å²) in [6.45, 7) is 5.62. The van der Waals surface area contributed by atoms with Crippen molar-refractivity contribution in [2.24, 2.45) is 0 Å². The van der Waals surface area contributed by atoms with Gasteiger partial charge in [-0.25, -0.2) is 9.67 Å². The number of rotatable bonds is 3. The standard InChI is InChI=1S/C15H20N4O/c1-3-20-13-5-4-8-19-15(13)17-14(18-19)11-7-6-10(2)12(16)9-11/h6-7,9,13H,3-5,8,16H2,1-2H3. The number of nitrogens with two attached hydrogens (primary N) is 1. The first-order valence-electron chi connectivity index (χ1n) is 7.12. The quantitative estimate of drug-likeness (QED) is 0.872. The van der Waals surface area contributed by atoms with E-state index in [1.54, 1.807) is 0 Å². The molecule has 1 aliphatic heterocycles. The molecule has 2 aromatic rings. The van der Waals surface area contributed by atoms with Crippen LogP contribution in [0.2, 0.25) is 0 Å². The zero-order valence-electron chi connectivity index (χ0n) is 12.0. The molecule has 0 aliphatic carbocycles. The molecule has 0 saturated heterocycles. The predicted molar refractivity (Wildman–Crippen MR) is 78.2 cm³/mol. The molecule has 2 heterocycles. The van der Waals surface area contributed by atoms with Crippen LogP contribution in [0.4, 0.5) is 5.69 Å². The molecule has 0 radical (unpaired) electrons. The molecule has 0 bridgehead atoms. The van der Waals surface area contributed by atoms with Crippen LogP contribution in [-0.4, -0.2) is 21.4 Å². The maximum absolute atomic E-state index is 5.97.